The fourth-order valence-corrected chi connectivity index (χ4v) is 2.93. The van der Waals surface area contributed by atoms with Gasteiger partial charge in [0.15, 0.2) is 0 Å². The highest BCUT2D eigenvalue weighted by atomic mass is 35.5. The number of halogens is 3. The molecule has 22 heavy (non-hydrogen) atoms. The van der Waals surface area contributed by atoms with Crippen LogP contribution in [0.3, 0.4) is 0 Å². The Hall–Kier alpha value is -0.880. The number of hydrogen-bond acceptors (Lipinski definition) is 3. The van der Waals surface area contributed by atoms with Crippen LogP contribution in [0.15, 0.2) is 18.2 Å². The van der Waals surface area contributed by atoms with E-state index in [1.807, 2.05) is 6.07 Å². The van der Waals surface area contributed by atoms with E-state index in [2.05, 4.69) is 33.6 Å². The molecule has 0 bridgehead atoms. The molecule has 1 aromatic carbocycles. The first kappa shape index (κ1) is 19.2. The Morgan fingerprint density at radius 3 is 2.82 bits per heavy atom. The van der Waals surface area contributed by atoms with Crippen LogP contribution in [0.5, 0.6) is 0 Å². The molecule has 0 saturated carbocycles. The molecule has 7 heteroatoms. The van der Waals surface area contributed by atoms with Crippen LogP contribution in [0.25, 0.3) is 11.0 Å². The predicted octanol–water partition coefficient (Wildman–Crippen LogP) is 2.83. The number of hydrogen-bond donors (Lipinski definition) is 1. The maximum Gasteiger partial charge on any atom is 0.125 e. The molecule has 1 fully saturated rings. The van der Waals surface area contributed by atoms with Crippen LogP contribution >= 0.6 is 24.8 Å². The molecule has 1 aliphatic heterocycles. The fraction of sp³-hybridized carbons (Fsp3) is 0.533. The third kappa shape index (κ3) is 3.71. The number of rotatable bonds is 3. The highest BCUT2D eigenvalue weighted by Crippen LogP contribution is 2.19. The Morgan fingerprint density at radius 1 is 1.36 bits per heavy atom. The number of aromatic nitrogens is 2. The van der Waals surface area contributed by atoms with Crippen molar-refractivity contribution in [2.75, 3.05) is 19.6 Å². The predicted molar refractivity (Wildman–Crippen MR) is 92.6 cm³/mol. The van der Waals surface area contributed by atoms with Crippen molar-refractivity contribution in [1.29, 1.82) is 0 Å². The van der Waals surface area contributed by atoms with Crippen LogP contribution < -0.4 is 5.32 Å². The summed E-state index contributed by atoms with van der Waals surface area (Å²) in [6.45, 7) is 9.08. The van der Waals surface area contributed by atoms with E-state index in [0.29, 0.717) is 6.04 Å². The molecule has 0 aliphatic carbocycles. The van der Waals surface area contributed by atoms with Gasteiger partial charge in [-0.1, -0.05) is 0 Å². The molecule has 1 atom stereocenters. The fourth-order valence-electron chi connectivity index (χ4n) is 2.93. The van der Waals surface area contributed by atoms with E-state index >= 15 is 0 Å². The molecule has 0 amide bonds. The molecule has 0 spiro atoms. The smallest absolute Gasteiger partial charge is 0.125 e. The largest absolute Gasteiger partial charge is 0.327 e. The lowest BCUT2D eigenvalue weighted by molar-refractivity contribution is 0.160. The van der Waals surface area contributed by atoms with Crippen molar-refractivity contribution in [3.8, 4) is 0 Å². The zero-order valence-electron chi connectivity index (χ0n) is 12.9. The van der Waals surface area contributed by atoms with E-state index in [-0.39, 0.29) is 30.6 Å². The second-order valence-corrected chi connectivity index (χ2v) is 5.43. The molecule has 3 rings (SSSR count). The van der Waals surface area contributed by atoms with Crippen LogP contribution in [0.4, 0.5) is 4.39 Å². The van der Waals surface area contributed by atoms with Crippen LogP contribution in [0.1, 0.15) is 19.7 Å². The zero-order valence-corrected chi connectivity index (χ0v) is 14.5. The van der Waals surface area contributed by atoms with Gasteiger partial charge in [-0.05, 0) is 26.0 Å². The average molecular weight is 349 g/mol. The van der Waals surface area contributed by atoms with Gasteiger partial charge >= 0.3 is 0 Å². The maximum atomic E-state index is 13.3. The summed E-state index contributed by atoms with van der Waals surface area (Å²) < 4.78 is 15.5. The van der Waals surface area contributed by atoms with Crippen molar-refractivity contribution >= 4 is 35.8 Å². The summed E-state index contributed by atoms with van der Waals surface area (Å²) in [4.78, 5) is 7.06. The minimum atomic E-state index is -0.222. The lowest BCUT2D eigenvalue weighted by atomic mass is 10.2. The minimum Gasteiger partial charge on any atom is -0.327 e. The highest BCUT2D eigenvalue weighted by Gasteiger charge is 2.20. The van der Waals surface area contributed by atoms with Crippen molar-refractivity contribution in [2.45, 2.75) is 33.0 Å². The van der Waals surface area contributed by atoms with Gasteiger partial charge in [0.2, 0.25) is 0 Å². The summed E-state index contributed by atoms with van der Waals surface area (Å²) in [5.74, 6) is 0.808. The molecule has 1 N–H and O–H groups in total. The first-order valence-electron chi connectivity index (χ1n) is 7.28. The number of nitrogens with one attached hydrogen (secondary N) is 1. The SMILES string of the molecule is CCn1c(CN2CCNC[C@@H]2C)nc2cc(F)ccc21.Cl.Cl. The maximum absolute atomic E-state index is 13.3. The van der Waals surface area contributed by atoms with Gasteiger partial charge < -0.3 is 9.88 Å². The summed E-state index contributed by atoms with van der Waals surface area (Å²) >= 11 is 0. The number of fused-ring (bicyclic) bond motifs is 1. The summed E-state index contributed by atoms with van der Waals surface area (Å²) in [5.41, 5.74) is 1.77. The monoisotopic (exact) mass is 348 g/mol. The molecule has 1 aliphatic rings. The highest BCUT2D eigenvalue weighted by molar-refractivity contribution is 5.85. The van der Waals surface area contributed by atoms with E-state index in [9.17, 15) is 4.39 Å². The molecule has 2 aromatic rings. The van der Waals surface area contributed by atoms with Crippen LogP contribution in [0.2, 0.25) is 0 Å². The van der Waals surface area contributed by atoms with Crippen molar-refractivity contribution in [3.63, 3.8) is 0 Å². The van der Waals surface area contributed by atoms with Crippen LogP contribution in [-0.4, -0.2) is 40.1 Å². The normalized spacial score (nSPS) is 18.8. The summed E-state index contributed by atoms with van der Waals surface area (Å²) in [6.07, 6.45) is 0. The molecule has 2 heterocycles. The van der Waals surface area contributed by atoms with E-state index in [4.69, 9.17) is 0 Å². The number of aryl methyl sites for hydroxylation is 1. The van der Waals surface area contributed by atoms with E-state index < -0.39 is 0 Å². The first-order chi connectivity index (χ1) is 9.69. The lowest BCUT2D eigenvalue weighted by Gasteiger charge is -2.33. The quantitative estimate of drug-likeness (QED) is 0.925. The Bertz CT molecular complexity index is 617. The topological polar surface area (TPSA) is 33.1 Å². The number of nitrogens with zero attached hydrogens (tertiary/aromatic N) is 3. The molecule has 1 saturated heterocycles. The Labute approximate surface area is 142 Å². The molecule has 0 unspecified atom stereocenters. The number of piperazine rings is 1. The number of imidazole rings is 1. The standard InChI is InChI=1S/C15H21FN4.2ClH/c1-3-20-14-5-4-12(16)8-13(14)18-15(20)10-19-7-6-17-9-11(19)2;;/h4-5,8,11,17H,3,6-7,9-10H2,1-2H3;2*1H/t11-;;/m0../s1. The average Bonchev–Trinajstić information content (AvgIpc) is 2.77. The second kappa shape index (κ2) is 8.11. The molecular formula is C15H23Cl2FN4. The van der Waals surface area contributed by atoms with E-state index in [1.54, 1.807) is 0 Å². The molecule has 4 nitrogen and oxygen atoms in total. The number of benzene rings is 1. The Morgan fingerprint density at radius 2 is 2.14 bits per heavy atom. The second-order valence-electron chi connectivity index (χ2n) is 5.43. The minimum absolute atomic E-state index is 0. The van der Waals surface area contributed by atoms with Crippen molar-refractivity contribution in [3.05, 3.63) is 29.8 Å². The lowest BCUT2D eigenvalue weighted by Crippen LogP contribution is -2.49. The Kier molecular flexibility index (Phi) is 7.06. The van der Waals surface area contributed by atoms with E-state index in [1.165, 1.54) is 12.1 Å². The first-order valence-corrected chi connectivity index (χ1v) is 7.28. The Balaban J connectivity index is 0.00000121. The summed E-state index contributed by atoms with van der Waals surface area (Å²) in [6, 6.07) is 5.36. The van der Waals surface area contributed by atoms with Gasteiger partial charge in [0.1, 0.15) is 11.6 Å². The van der Waals surface area contributed by atoms with Crippen molar-refractivity contribution in [1.82, 2.24) is 19.8 Å². The van der Waals surface area contributed by atoms with Gasteiger partial charge in [-0.25, -0.2) is 9.37 Å². The molecule has 0 radical (unpaired) electrons. The van der Waals surface area contributed by atoms with Crippen LogP contribution in [0, 0.1) is 5.82 Å². The van der Waals surface area contributed by atoms with Gasteiger partial charge in [0.25, 0.3) is 0 Å². The van der Waals surface area contributed by atoms with Gasteiger partial charge in [-0.2, -0.15) is 0 Å². The van der Waals surface area contributed by atoms with Gasteiger partial charge in [0.05, 0.1) is 17.6 Å². The third-order valence-corrected chi connectivity index (χ3v) is 4.09. The van der Waals surface area contributed by atoms with E-state index in [0.717, 1.165) is 49.6 Å². The van der Waals surface area contributed by atoms with Crippen molar-refractivity contribution in [2.24, 2.45) is 0 Å². The summed E-state index contributed by atoms with van der Waals surface area (Å²) in [5, 5.41) is 3.39. The van der Waals surface area contributed by atoms with Crippen LogP contribution in [-0.2, 0) is 13.1 Å². The van der Waals surface area contributed by atoms with Crippen molar-refractivity contribution < 1.29 is 4.39 Å². The van der Waals surface area contributed by atoms with Gasteiger partial charge in [-0.3, -0.25) is 4.90 Å². The van der Waals surface area contributed by atoms with Gasteiger partial charge in [-0.15, -0.1) is 24.8 Å². The molecular weight excluding hydrogens is 326 g/mol. The molecule has 1 aromatic heterocycles. The molecule has 124 valence electrons. The van der Waals surface area contributed by atoms with Gasteiger partial charge in [0, 0.05) is 38.3 Å². The summed E-state index contributed by atoms with van der Waals surface area (Å²) in [7, 11) is 0. The third-order valence-electron chi connectivity index (χ3n) is 4.09. The zero-order chi connectivity index (χ0) is 14.1.